The number of oxime groups is 1. The van der Waals surface area contributed by atoms with Crippen molar-refractivity contribution in [3.63, 3.8) is 0 Å². The number of nitrogens with one attached hydrogen (secondary N) is 1. The first-order chi connectivity index (χ1) is 9.24. The summed E-state index contributed by atoms with van der Waals surface area (Å²) in [6.45, 7) is 0. The largest absolute Gasteiger partial charge is 0.465 e. The average molecular weight is 263 g/mol. The summed E-state index contributed by atoms with van der Waals surface area (Å²) in [7, 11) is 0. The summed E-state index contributed by atoms with van der Waals surface area (Å²) in [5.41, 5.74) is 0.892. The van der Waals surface area contributed by atoms with Crippen molar-refractivity contribution in [2.24, 2.45) is 5.16 Å². The monoisotopic (exact) mass is 263 g/mol. The molecule has 1 aliphatic carbocycles. The highest BCUT2D eigenvalue weighted by atomic mass is 16.6. The van der Waals surface area contributed by atoms with Crippen molar-refractivity contribution in [2.45, 2.75) is 37.8 Å². The maximum atomic E-state index is 10.5. The minimum absolute atomic E-state index is 0.0413. The van der Waals surface area contributed by atoms with Crippen molar-refractivity contribution < 1.29 is 14.7 Å². The van der Waals surface area contributed by atoms with E-state index in [1.807, 2.05) is 12.1 Å². The molecule has 0 radical (unpaired) electrons. The molecule has 0 saturated heterocycles. The minimum Gasteiger partial charge on any atom is -0.465 e. The van der Waals surface area contributed by atoms with Crippen LogP contribution in [0.5, 0.6) is 0 Å². The molecule has 19 heavy (non-hydrogen) atoms. The van der Waals surface area contributed by atoms with Crippen molar-refractivity contribution in [3.05, 3.63) is 30.1 Å². The van der Waals surface area contributed by atoms with Gasteiger partial charge in [-0.25, -0.2) is 4.79 Å². The van der Waals surface area contributed by atoms with Crippen molar-refractivity contribution >= 4 is 12.3 Å². The molecule has 102 valence electrons. The number of aromatic nitrogens is 1. The normalized spacial score (nSPS) is 23.2. The Morgan fingerprint density at radius 2 is 2.26 bits per heavy atom. The van der Waals surface area contributed by atoms with Gasteiger partial charge in [-0.2, -0.15) is 0 Å². The third-order valence-electron chi connectivity index (χ3n) is 3.10. The van der Waals surface area contributed by atoms with Gasteiger partial charge in [0.1, 0.15) is 6.10 Å². The second kappa shape index (κ2) is 6.72. The quantitative estimate of drug-likeness (QED) is 0.643. The second-order valence-electron chi connectivity index (χ2n) is 4.55. The highest BCUT2D eigenvalue weighted by Crippen LogP contribution is 2.21. The Balaban J connectivity index is 1.71. The first-order valence-electron chi connectivity index (χ1n) is 6.32. The Kier molecular flexibility index (Phi) is 4.72. The molecule has 2 rings (SSSR count). The highest BCUT2D eigenvalue weighted by Gasteiger charge is 2.23. The molecule has 1 aromatic rings. The van der Waals surface area contributed by atoms with E-state index in [2.05, 4.69) is 15.5 Å². The van der Waals surface area contributed by atoms with Crippen LogP contribution in [0.25, 0.3) is 0 Å². The van der Waals surface area contributed by atoms with Crippen LogP contribution in [0.2, 0.25) is 0 Å². The molecular weight excluding hydrogens is 246 g/mol. The summed E-state index contributed by atoms with van der Waals surface area (Å²) >= 11 is 0. The van der Waals surface area contributed by atoms with Crippen molar-refractivity contribution in [3.8, 4) is 0 Å². The van der Waals surface area contributed by atoms with Gasteiger partial charge in [-0.1, -0.05) is 11.2 Å². The lowest BCUT2D eigenvalue weighted by Crippen LogP contribution is -2.37. The number of hydrogen-bond donors (Lipinski definition) is 2. The van der Waals surface area contributed by atoms with Gasteiger partial charge in [0.05, 0.1) is 6.21 Å². The predicted molar refractivity (Wildman–Crippen MR) is 70.1 cm³/mol. The number of hydrogen-bond acceptors (Lipinski definition) is 4. The molecule has 1 aliphatic rings. The van der Waals surface area contributed by atoms with Crippen LogP contribution in [0.4, 0.5) is 4.79 Å². The van der Waals surface area contributed by atoms with E-state index < -0.39 is 6.09 Å². The number of carboxylic acid groups (broad SMARTS) is 1. The van der Waals surface area contributed by atoms with E-state index in [0.29, 0.717) is 0 Å². The maximum Gasteiger partial charge on any atom is 0.404 e. The smallest absolute Gasteiger partial charge is 0.404 e. The maximum absolute atomic E-state index is 10.5. The van der Waals surface area contributed by atoms with Gasteiger partial charge in [-0.15, -0.1) is 0 Å². The predicted octanol–water partition coefficient (Wildman–Crippen LogP) is 2.01. The number of nitrogens with zero attached hydrogens (tertiary/aromatic N) is 2. The third-order valence-corrected chi connectivity index (χ3v) is 3.10. The Hall–Kier alpha value is -2.11. The van der Waals surface area contributed by atoms with Gasteiger partial charge >= 0.3 is 6.09 Å². The molecule has 0 aliphatic heterocycles. The zero-order chi connectivity index (χ0) is 13.5. The fourth-order valence-corrected chi connectivity index (χ4v) is 2.12. The van der Waals surface area contributed by atoms with Gasteiger partial charge in [0.2, 0.25) is 0 Å². The van der Waals surface area contributed by atoms with Gasteiger partial charge in [0, 0.05) is 24.0 Å². The molecule has 0 bridgehead atoms. The summed E-state index contributed by atoms with van der Waals surface area (Å²) in [5.74, 6) is 0. The van der Waals surface area contributed by atoms with Gasteiger partial charge in [0.25, 0.3) is 0 Å². The van der Waals surface area contributed by atoms with Crippen molar-refractivity contribution in [1.29, 1.82) is 0 Å². The molecule has 0 atom stereocenters. The zero-order valence-electron chi connectivity index (χ0n) is 10.5. The van der Waals surface area contributed by atoms with Crippen molar-refractivity contribution in [1.82, 2.24) is 10.3 Å². The first kappa shape index (κ1) is 13.3. The summed E-state index contributed by atoms with van der Waals surface area (Å²) in [6.07, 6.45) is 7.37. The van der Waals surface area contributed by atoms with Crippen LogP contribution in [0.15, 0.2) is 29.7 Å². The summed E-state index contributed by atoms with van der Waals surface area (Å²) in [6, 6.07) is 3.78. The fraction of sp³-hybridized carbons (Fsp3) is 0.462. The molecule has 1 fully saturated rings. The molecule has 0 unspecified atom stereocenters. The van der Waals surface area contributed by atoms with Crippen LogP contribution < -0.4 is 5.32 Å². The molecule has 1 heterocycles. The molecule has 2 N–H and O–H groups in total. The fourth-order valence-electron chi connectivity index (χ4n) is 2.12. The lowest BCUT2D eigenvalue weighted by Gasteiger charge is -2.26. The van der Waals surface area contributed by atoms with Crippen LogP contribution in [-0.2, 0) is 4.84 Å². The van der Waals surface area contributed by atoms with Crippen LogP contribution in [0, 0.1) is 0 Å². The van der Waals surface area contributed by atoms with Crippen molar-refractivity contribution in [2.75, 3.05) is 0 Å². The molecule has 1 saturated carbocycles. The third kappa shape index (κ3) is 4.57. The topological polar surface area (TPSA) is 83.8 Å². The van der Waals surface area contributed by atoms with E-state index >= 15 is 0 Å². The van der Waals surface area contributed by atoms with E-state index in [1.54, 1.807) is 18.6 Å². The minimum atomic E-state index is -0.959. The van der Waals surface area contributed by atoms with Crippen LogP contribution in [-0.4, -0.2) is 34.5 Å². The molecule has 6 nitrogen and oxygen atoms in total. The van der Waals surface area contributed by atoms with Gasteiger partial charge in [-0.05, 0) is 31.7 Å². The van der Waals surface area contributed by atoms with Crippen LogP contribution in [0.3, 0.4) is 0 Å². The standard InChI is InChI=1S/C13H17N3O3/c17-13(18)16-11-3-5-12(6-4-11)19-15-9-10-2-1-7-14-8-10/h1-2,7-9,11-12,16H,3-6H2,(H,17,18). The lowest BCUT2D eigenvalue weighted by atomic mass is 9.93. The molecule has 1 amide bonds. The van der Waals surface area contributed by atoms with Crippen LogP contribution >= 0.6 is 0 Å². The summed E-state index contributed by atoms with van der Waals surface area (Å²) < 4.78 is 0. The Labute approximate surface area is 111 Å². The number of amides is 1. The van der Waals surface area contributed by atoms with E-state index in [9.17, 15) is 4.79 Å². The molecule has 6 heteroatoms. The number of carbonyl (C=O) groups is 1. The van der Waals surface area contributed by atoms with E-state index in [1.165, 1.54) is 0 Å². The Morgan fingerprint density at radius 3 is 2.89 bits per heavy atom. The molecule has 0 spiro atoms. The molecule has 0 aromatic carbocycles. The SMILES string of the molecule is O=C(O)NC1CCC(ON=Cc2cccnc2)CC1. The summed E-state index contributed by atoms with van der Waals surface area (Å²) in [5, 5.41) is 15.1. The summed E-state index contributed by atoms with van der Waals surface area (Å²) in [4.78, 5) is 19.9. The first-order valence-corrected chi connectivity index (χ1v) is 6.32. The van der Waals surface area contributed by atoms with Gasteiger partial charge in [0.15, 0.2) is 0 Å². The van der Waals surface area contributed by atoms with Crippen LogP contribution in [0.1, 0.15) is 31.2 Å². The average Bonchev–Trinajstić information content (AvgIpc) is 2.41. The molecular formula is C13H17N3O3. The Bertz CT molecular complexity index is 428. The zero-order valence-corrected chi connectivity index (χ0v) is 10.5. The van der Waals surface area contributed by atoms with Gasteiger partial charge < -0.3 is 15.3 Å². The lowest BCUT2D eigenvalue weighted by molar-refractivity contribution is 0.0278. The highest BCUT2D eigenvalue weighted by molar-refractivity contribution is 5.78. The second-order valence-corrected chi connectivity index (χ2v) is 4.55. The number of rotatable bonds is 4. The van der Waals surface area contributed by atoms with E-state index in [-0.39, 0.29) is 12.1 Å². The Morgan fingerprint density at radius 1 is 1.47 bits per heavy atom. The number of pyridine rings is 1. The van der Waals surface area contributed by atoms with E-state index in [4.69, 9.17) is 9.94 Å². The van der Waals surface area contributed by atoms with E-state index in [0.717, 1.165) is 31.2 Å². The van der Waals surface area contributed by atoms with Gasteiger partial charge in [-0.3, -0.25) is 4.98 Å². The molecule has 1 aromatic heterocycles.